The molecule has 0 spiro atoms. The van der Waals surface area contributed by atoms with Crippen molar-refractivity contribution in [1.29, 1.82) is 0 Å². The van der Waals surface area contributed by atoms with Crippen LogP contribution < -0.4 is 10.6 Å². The molecule has 0 saturated carbocycles. The number of hydrogen-bond acceptors (Lipinski definition) is 4. The summed E-state index contributed by atoms with van der Waals surface area (Å²) in [6, 6.07) is 8.58. The summed E-state index contributed by atoms with van der Waals surface area (Å²) in [5.41, 5.74) is 8.39. The number of anilines is 1. The molecular formula is C15H26N2O2. The molecule has 2 N–H and O–H groups in total. The molecule has 0 heterocycles. The van der Waals surface area contributed by atoms with E-state index in [1.807, 2.05) is 0 Å². The molecule has 108 valence electrons. The average molecular weight is 266 g/mol. The maximum Gasteiger partial charge on any atom is 0.0637 e. The van der Waals surface area contributed by atoms with Crippen LogP contribution in [0.4, 0.5) is 5.69 Å². The number of ether oxygens (including phenoxy) is 2. The molecule has 1 rings (SSSR count). The standard InChI is InChI=1S/C15H26N2O2/c1-4-15(16)13-5-7-14(8-6-13)17(9-11-18-2)10-12-19-3/h5-8,15H,4,9-12,16H2,1-3H3. The molecule has 0 aliphatic rings. The fraction of sp³-hybridized carbons (Fsp3) is 0.600. The number of nitrogens with two attached hydrogens (primary N) is 1. The smallest absolute Gasteiger partial charge is 0.0637 e. The number of hydrogen-bond donors (Lipinski definition) is 1. The van der Waals surface area contributed by atoms with E-state index in [4.69, 9.17) is 15.2 Å². The SMILES string of the molecule is CCC(N)c1ccc(N(CCOC)CCOC)cc1. The van der Waals surface area contributed by atoms with Crippen LogP contribution in [-0.2, 0) is 9.47 Å². The summed E-state index contributed by atoms with van der Waals surface area (Å²) in [6.07, 6.45) is 0.955. The molecule has 19 heavy (non-hydrogen) atoms. The summed E-state index contributed by atoms with van der Waals surface area (Å²) >= 11 is 0. The van der Waals surface area contributed by atoms with Crippen LogP contribution in [0.5, 0.6) is 0 Å². The lowest BCUT2D eigenvalue weighted by Gasteiger charge is -2.24. The molecule has 0 radical (unpaired) electrons. The zero-order valence-electron chi connectivity index (χ0n) is 12.3. The molecule has 1 atom stereocenters. The fourth-order valence-corrected chi connectivity index (χ4v) is 1.94. The normalized spacial score (nSPS) is 12.4. The van der Waals surface area contributed by atoms with E-state index in [9.17, 15) is 0 Å². The summed E-state index contributed by atoms with van der Waals surface area (Å²) in [5.74, 6) is 0. The van der Waals surface area contributed by atoms with Gasteiger partial charge in [-0.2, -0.15) is 0 Å². The molecule has 1 aromatic rings. The topological polar surface area (TPSA) is 47.7 Å². The Bertz CT molecular complexity index is 333. The van der Waals surface area contributed by atoms with E-state index in [-0.39, 0.29) is 6.04 Å². The van der Waals surface area contributed by atoms with E-state index in [0.29, 0.717) is 13.2 Å². The van der Waals surface area contributed by atoms with Gasteiger partial charge in [-0.15, -0.1) is 0 Å². The second-order valence-corrected chi connectivity index (χ2v) is 4.58. The Kier molecular flexibility index (Phi) is 7.48. The van der Waals surface area contributed by atoms with Gasteiger partial charge in [0, 0.05) is 39.0 Å². The van der Waals surface area contributed by atoms with Gasteiger partial charge in [-0.1, -0.05) is 19.1 Å². The predicted molar refractivity (Wildman–Crippen MR) is 79.6 cm³/mol. The number of rotatable bonds is 9. The minimum Gasteiger partial charge on any atom is -0.383 e. The van der Waals surface area contributed by atoms with Gasteiger partial charge in [0.05, 0.1) is 13.2 Å². The van der Waals surface area contributed by atoms with E-state index in [1.165, 1.54) is 11.3 Å². The molecule has 0 aliphatic heterocycles. The molecule has 4 nitrogen and oxygen atoms in total. The van der Waals surface area contributed by atoms with Gasteiger partial charge in [0.1, 0.15) is 0 Å². The minimum atomic E-state index is 0.125. The molecule has 0 aliphatic carbocycles. The highest BCUT2D eigenvalue weighted by Gasteiger charge is 2.08. The quantitative estimate of drug-likeness (QED) is 0.744. The molecule has 0 saturated heterocycles. The van der Waals surface area contributed by atoms with Crippen molar-refractivity contribution in [2.24, 2.45) is 5.73 Å². The van der Waals surface area contributed by atoms with Crippen molar-refractivity contribution in [1.82, 2.24) is 0 Å². The Morgan fingerprint density at radius 1 is 1.05 bits per heavy atom. The van der Waals surface area contributed by atoms with Crippen LogP contribution in [0.25, 0.3) is 0 Å². The average Bonchev–Trinajstić information content (AvgIpc) is 2.47. The first-order chi connectivity index (χ1) is 9.22. The van der Waals surface area contributed by atoms with Crippen molar-refractivity contribution in [3.8, 4) is 0 Å². The van der Waals surface area contributed by atoms with Gasteiger partial charge in [-0.3, -0.25) is 0 Å². The van der Waals surface area contributed by atoms with Crippen molar-refractivity contribution < 1.29 is 9.47 Å². The molecule has 0 fully saturated rings. The summed E-state index contributed by atoms with van der Waals surface area (Å²) in [6.45, 7) is 5.24. The van der Waals surface area contributed by atoms with Gasteiger partial charge in [-0.05, 0) is 24.1 Å². The van der Waals surface area contributed by atoms with Gasteiger partial charge >= 0.3 is 0 Å². The molecule has 1 aromatic carbocycles. The van der Waals surface area contributed by atoms with E-state index in [1.54, 1.807) is 14.2 Å². The van der Waals surface area contributed by atoms with Gasteiger partial charge in [0.25, 0.3) is 0 Å². The predicted octanol–water partition coefficient (Wildman–Crippen LogP) is 2.20. The Morgan fingerprint density at radius 2 is 1.58 bits per heavy atom. The number of benzene rings is 1. The molecule has 0 aromatic heterocycles. The van der Waals surface area contributed by atoms with Crippen molar-refractivity contribution in [2.45, 2.75) is 19.4 Å². The third-order valence-electron chi connectivity index (χ3n) is 3.26. The van der Waals surface area contributed by atoms with Crippen LogP contribution in [0, 0.1) is 0 Å². The van der Waals surface area contributed by atoms with Crippen LogP contribution in [0.1, 0.15) is 24.9 Å². The van der Waals surface area contributed by atoms with Crippen LogP contribution >= 0.6 is 0 Å². The lowest BCUT2D eigenvalue weighted by Crippen LogP contribution is -2.30. The van der Waals surface area contributed by atoms with Gasteiger partial charge in [-0.25, -0.2) is 0 Å². The first-order valence-electron chi connectivity index (χ1n) is 6.81. The Morgan fingerprint density at radius 3 is 2.00 bits per heavy atom. The molecular weight excluding hydrogens is 240 g/mol. The van der Waals surface area contributed by atoms with Crippen LogP contribution in [0.15, 0.2) is 24.3 Å². The highest BCUT2D eigenvalue weighted by molar-refractivity contribution is 5.48. The second kappa shape index (κ2) is 8.91. The highest BCUT2D eigenvalue weighted by atomic mass is 16.5. The van der Waals surface area contributed by atoms with Crippen LogP contribution in [0.2, 0.25) is 0 Å². The van der Waals surface area contributed by atoms with Crippen molar-refractivity contribution in [2.75, 3.05) is 45.4 Å². The molecule has 4 heteroatoms. The van der Waals surface area contributed by atoms with Gasteiger partial charge in [0.15, 0.2) is 0 Å². The lowest BCUT2D eigenvalue weighted by atomic mass is 10.1. The van der Waals surface area contributed by atoms with Crippen molar-refractivity contribution >= 4 is 5.69 Å². The molecule has 1 unspecified atom stereocenters. The Balaban J connectivity index is 2.71. The summed E-state index contributed by atoms with van der Waals surface area (Å²) in [5, 5.41) is 0. The summed E-state index contributed by atoms with van der Waals surface area (Å²) in [7, 11) is 3.44. The van der Waals surface area contributed by atoms with Crippen molar-refractivity contribution in [3.63, 3.8) is 0 Å². The third kappa shape index (κ3) is 5.19. The Labute approximate surface area is 116 Å². The number of nitrogens with zero attached hydrogens (tertiary/aromatic N) is 1. The number of methoxy groups -OCH3 is 2. The largest absolute Gasteiger partial charge is 0.383 e. The van der Waals surface area contributed by atoms with Crippen LogP contribution in [0.3, 0.4) is 0 Å². The zero-order chi connectivity index (χ0) is 14.1. The first kappa shape index (κ1) is 16.0. The maximum absolute atomic E-state index is 6.03. The molecule has 0 bridgehead atoms. The Hall–Kier alpha value is -1.10. The summed E-state index contributed by atoms with van der Waals surface area (Å²) in [4.78, 5) is 2.26. The van der Waals surface area contributed by atoms with E-state index in [0.717, 1.165) is 19.5 Å². The molecule has 0 amide bonds. The van der Waals surface area contributed by atoms with E-state index >= 15 is 0 Å². The van der Waals surface area contributed by atoms with Crippen LogP contribution in [-0.4, -0.2) is 40.5 Å². The minimum absolute atomic E-state index is 0.125. The zero-order valence-corrected chi connectivity index (χ0v) is 12.3. The third-order valence-corrected chi connectivity index (χ3v) is 3.26. The lowest BCUT2D eigenvalue weighted by molar-refractivity contribution is 0.190. The van der Waals surface area contributed by atoms with Gasteiger partial charge in [0.2, 0.25) is 0 Å². The maximum atomic E-state index is 6.03. The van der Waals surface area contributed by atoms with E-state index < -0.39 is 0 Å². The second-order valence-electron chi connectivity index (χ2n) is 4.58. The monoisotopic (exact) mass is 266 g/mol. The highest BCUT2D eigenvalue weighted by Crippen LogP contribution is 2.19. The van der Waals surface area contributed by atoms with E-state index in [2.05, 4.69) is 36.1 Å². The first-order valence-corrected chi connectivity index (χ1v) is 6.81. The van der Waals surface area contributed by atoms with Crippen molar-refractivity contribution in [3.05, 3.63) is 29.8 Å². The summed E-state index contributed by atoms with van der Waals surface area (Å²) < 4.78 is 10.3. The van der Waals surface area contributed by atoms with Gasteiger partial charge < -0.3 is 20.1 Å². The fourth-order valence-electron chi connectivity index (χ4n) is 1.94.